The van der Waals surface area contributed by atoms with Crippen LogP contribution in [0.1, 0.15) is 28.7 Å². The van der Waals surface area contributed by atoms with Crippen molar-refractivity contribution >= 4 is 16.3 Å². The summed E-state index contributed by atoms with van der Waals surface area (Å²) in [7, 11) is 0. The molecule has 6 rings (SSSR count). The highest BCUT2D eigenvalue weighted by atomic mass is 16.1. The molecule has 0 saturated carbocycles. The number of aromatic amines is 1. The highest BCUT2D eigenvalue weighted by Crippen LogP contribution is 2.39. The third-order valence-electron chi connectivity index (χ3n) is 6.76. The van der Waals surface area contributed by atoms with Gasteiger partial charge in [0.15, 0.2) is 0 Å². The first kappa shape index (κ1) is 18.3. The maximum atomic E-state index is 12.6. The van der Waals surface area contributed by atoms with Crippen molar-refractivity contribution in [3.05, 3.63) is 111 Å². The van der Waals surface area contributed by atoms with Crippen LogP contribution in [-0.2, 0) is 13.0 Å². The van der Waals surface area contributed by atoms with Gasteiger partial charge in [0.25, 0.3) is 5.56 Å². The Labute approximate surface area is 181 Å². The van der Waals surface area contributed by atoms with Crippen LogP contribution in [0.3, 0.4) is 0 Å². The van der Waals surface area contributed by atoms with Crippen molar-refractivity contribution in [1.82, 2.24) is 9.88 Å². The van der Waals surface area contributed by atoms with E-state index in [1.54, 1.807) is 0 Å². The molecule has 0 amide bonds. The zero-order chi connectivity index (χ0) is 20.8. The van der Waals surface area contributed by atoms with Crippen molar-refractivity contribution in [3.63, 3.8) is 0 Å². The molecule has 2 heterocycles. The number of pyridine rings is 1. The van der Waals surface area contributed by atoms with Gasteiger partial charge in [-0.1, -0.05) is 72.8 Å². The van der Waals surface area contributed by atoms with Gasteiger partial charge in [0.1, 0.15) is 0 Å². The van der Waals surface area contributed by atoms with Crippen LogP contribution in [0.25, 0.3) is 27.6 Å². The number of H-pyrrole nitrogens is 1. The maximum Gasteiger partial charge on any atom is 0.256 e. The zero-order valence-electron chi connectivity index (χ0n) is 17.4. The fourth-order valence-electron chi connectivity index (χ4n) is 5.16. The summed E-state index contributed by atoms with van der Waals surface area (Å²) >= 11 is 0. The molecule has 152 valence electrons. The molecule has 0 saturated heterocycles. The summed E-state index contributed by atoms with van der Waals surface area (Å²) in [6.45, 7) is 2.98. The van der Waals surface area contributed by atoms with Crippen LogP contribution in [0, 0.1) is 0 Å². The van der Waals surface area contributed by atoms with Crippen molar-refractivity contribution in [2.24, 2.45) is 0 Å². The van der Waals surface area contributed by atoms with Gasteiger partial charge in [0.05, 0.1) is 5.69 Å². The molecule has 31 heavy (non-hydrogen) atoms. The van der Waals surface area contributed by atoms with Crippen LogP contribution >= 0.6 is 0 Å². The Kier molecular flexibility index (Phi) is 4.36. The predicted molar refractivity (Wildman–Crippen MR) is 127 cm³/mol. The molecule has 0 spiro atoms. The second kappa shape index (κ2) is 7.36. The lowest BCUT2D eigenvalue weighted by atomic mass is 9.98. The topological polar surface area (TPSA) is 36.1 Å². The number of aromatic nitrogens is 1. The Morgan fingerprint density at radius 2 is 1.65 bits per heavy atom. The quantitative estimate of drug-likeness (QED) is 0.438. The lowest BCUT2D eigenvalue weighted by Crippen LogP contribution is -2.28. The maximum absolute atomic E-state index is 12.6. The Bertz CT molecular complexity index is 1380. The fraction of sp³-hybridized carbons (Fsp3) is 0.179. The standard InChI is InChI=1S/C28H24N2O/c31-28-24-11-5-4-10-22(24)26-17-25-21(9-6-12-23(25)27(26)29-28)18-30-15-13-20(14-16-30)19-7-2-1-3-8-19/h1-13H,14-18H2,(H,29,31). The number of nitrogens with one attached hydrogen (secondary N) is 1. The van der Waals surface area contributed by atoms with Crippen LogP contribution in [0.4, 0.5) is 0 Å². The molecule has 3 heteroatoms. The van der Waals surface area contributed by atoms with Gasteiger partial charge in [0, 0.05) is 37.0 Å². The second-order valence-corrected chi connectivity index (χ2v) is 8.55. The third kappa shape index (κ3) is 3.13. The van der Waals surface area contributed by atoms with Crippen molar-refractivity contribution in [2.45, 2.75) is 19.4 Å². The van der Waals surface area contributed by atoms with Gasteiger partial charge in [-0.3, -0.25) is 9.69 Å². The summed E-state index contributed by atoms with van der Waals surface area (Å²) in [5.41, 5.74) is 8.97. The first-order valence-corrected chi connectivity index (χ1v) is 11.0. The monoisotopic (exact) mass is 404 g/mol. The number of hydrogen-bond acceptors (Lipinski definition) is 2. The third-order valence-corrected chi connectivity index (χ3v) is 6.76. The molecule has 0 fully saturated rings. The number of hydrogen-bond donors (Lipinski definition) is 1. The van der Waals surface area contributed by atoms with Crippen molar-refractivity contribution in [3.8, 4) is 11.3 Å². The summed E-state index contributed by atoms with van der Waals surface area (Å²) in [5, 5.41) is 1.86. The smallest absolute Gasteiger partial charge is 0.256 e. The summed E-state index contributed by atoms with van der Waals surface area (Å²) < 4.78 is 0. The van der Waals surface area contributed by atoms with Crippen LogP contribution in [0.2, 0.25) is 0 Å². The summed E-state index contributed by atoms with van der Waals surface area (Å²) in [6, 6.07) is 25.2. The molecule has 2 aliphatic rings. The van der Waals surface area contributed by atoms with E-state index in [1.165, 1.54) is 33.4 Å². The van der Waals surface area contributed by atoms with Crippen molar-refractivity contribution < 1.29 is 0 Å². The highest BCUT2D eigenvalue weighted by molar-refractivity contribution is 5.93. The summed E-state index contributed by atoms with van der Waals surface area (Å²) in [4.78, 5) is 18.3. The predicted octanol–water partition coefficient (Wildman–Crippen LogP) is 5.39. The van der Waals surface area contributed by atoms with Crippen LogP contribution in [0.15, 0.2) is 83.7 Å². The lowest BCUT2D eigenvalue weighted by Gasteiger charge is -2.27. The summed E-state index contributed by atoms with van der Waals surface area (Å²) in [5.74, 6) is 0. The normalized spacial score (nSPS) is 15.5. The molecule has 3 aromatic carbocycles. The fourth-order valence-corrected chi connectivity index (χ4v) is 5.16. The molecule has 0 radical (unpaired) electrons. The van der Waals surface area contributed by atoms with Crippen LogP contribution < -0.4 is 5.56 Å². The minimum absolute atomic E-state index is 0.00205. The van der Waals surface area contributed by atoms with Crippen LogP contribution in [0.5, 0.6) is 0 Å². The Balaban J connectivity index is 1.30. The van der Waals surface area contributed by atoms with E-state index in [0.717, 1.165) is 48.9 Å². The molecule has 4 aromatic rings. The van der Waals surface area contributed by atoms with Gasteiger partial charge in [-0.2, -0.15) is 0 Å². The molecule has 1 aliphatic heterocycles. The first-order chi connectivity index (χ1) is 15.3. The Morgan fingerprint density at radius 1 is 0.839 bits per heavy atom. The van der Waals surface area contributed by atoms with Crippen molar-refractivity contribution in [1.29, 1.82) is 0 Å². The SMILES string of the molecule is O=c1[nH]c2c(c3ccccc13)Cc1c(CN3CC=C(c4ccccc4)CC3)cccc1-2. The largest absolute Gasteiger partial charge is 0.321 e. The van der Waals surface area contributed by atoms with E-state index < -0.39 is 0 Å². The molecular weight excluding hydrogens is 380 g/mol. The Hall–Kier alpha value is -3.43. The average molecular weight is 405 g/mol. The van der Waals surface area contributed by atoms with Gasteiger partial charge in [0.2, 0.25) is 0 Å². The first-order valence-electron chi connectivity index (χ1n) is 11.0. The number of rotatable bonds is 3. The molecule has 0 unspecified atom stereocenters. The molecule has 0 atom stereocenters. The van der Waals surface area contributed by atoms with Gasteiger partial charge in [-0.25, -0.2) is 0 Å². The number of benzene rings is 3. The minimum atomic E-state index is 0.00205. The zero-order valence-corrected chi connectivity index (χ0v) is 17.4. The molecule has 1 aliphatic carbocycles. The molecule has 1 aromatic heterocycles. The average Bonchev–Trinajstić information content (AvgIpc) is 3.20. The van der Waals surface area contributed by atoms with E-state index in [4.69, 9.17) is 0 Å². The van der Waals surface area contributed by atoms with Gasteiger partial charge in [-0.15, -0.1) is 0 Å². The Morgan fingerprint density at radius 3 is 2.45 bits per heavy atom. The van der Waals surface area contributed by atoms with E-state index in [9.17, 15) is 4.79 Å². The molecule has 3 nitrogen and oxygen atoms in total. The van der Waals surface area contributed by atoms with Crippen molar-refractivity contribution in [2.75, 3.05) is 13.1 Å². The number of nitrogens with zero attached hydrogens (tertiary/aromatic N) is 1. The van der Waals surface area contributed by atoms with Gasteiger partial charge < -0.3 is 4.98 Å². The minimum Gasteiger partial charge on any atom is -0.321 e. The lowest BCUT2D eigenvalue weighted by molar-refractivity contribution is 0.293. The molecule has 0 bridgehead atoms. The van der Waals surface area contributed by atoms with E-state index in [0.29, 0.717) is 0 Å². The highest BCUT2D eigenvalue weighted by Gasteiger charge is 2.25. The second-order valence-electron chi connectivity index (χ2n) is 8.55. The van der Waals surface area contributed by atoms with E-state index in [-0.39, 0.29) is 5.56 Å². The van der Waals surface area contributed by atoms with E-state index in [1.807, 2.05) is 18.2 Å². The van der Waals surface area contributed by atoms with Gasteiger partial charge >= 0.3 is 0 Å². The van der Waals surface area contributed by atoms with Gasteiger partial charge in [-0.05, 0) is 45.7 Å². The summed E-state index contributed by atoms with van der Waals surface area (Å²) in [6.07, 6.45) is 4.34. The van der Waals surface area contributed by atoms with E-state index >= 15 is 0 Å². The molecular formula is C28H24N2O. The molecule has 1 N–H and O–H groups in total. The van der Waals surface area contributed by atoms with Crippen LogP contribution in [-0.4, -0.2) is 23.0 Å². The number of fused-ring (bicyclic) bond motifs is 5. The van der Waals surface area contributed by atoms with E-state index in [2.05, 4.69) is 70.6 Å².